The smallest absolute Gasteiger partial charge is 0.331 e. The Morgan fingerprint density at radius 3 is 2.48 bits per heavy atom. The van der Waals surface area contributed by atoms with Gasteiger partial charge in [-0.3, -0.25) is 4.79 Å². The van der Waals surface area contributed by atoms with Crippen molar-refractivity contribution in [3.05, 3.63) is 62.4 Å². The number of benzene rings is 1. The van der Waals surface area contributed by atoms with Gasteiger partial charge in [-0.25, -0.2) is 9.78 Å². The summed E-state index contributed by atoms with van der Waals surface area (Å²) in [6.45, 7) is 1.70. The molecule has 0 aliphatic heterocycles. The largest absolute Gasteiger partial charge is 0.480 e. The summed E-state index contributed by atoms with van der Waals surface area (Å²) in [5, 5.41) is 21.4. The lowest BCUT2D eigenvalue weighted by molar-refractivity contribution is -0.142. The molecule has 0 bridgehead atoms. The van der Waals surface area contributed by atoms with E-state index in [0.717, 1.165) is 10.0 Å². The van der Waals surface area contributed by atoms with Gasteiger partial charge in [0.05, 0.1) is 5.69 Å². The minimum atomic E-state index is -1.44. The van der Waals surface area contributed by atoms with Crippen LogP contribution in [0.5, 0.6) is 0 Å². The topological polar surface area (TPSA) is 87.5 Å². The van der Waals surface area contributed by atoms with Gasteiger partial charge in [0, 0.05) is 27.4 Å². The predicted molar refractivity (Wildman–Crippen MR) is 98.7 cm³/mol. The zero-order chi connectivity index (χ0) is 18.2. The number of nitrogens with zero attached hydrogens (tertiary/aromatic N) is 1. The van der Waals surface area contributed by atoms with E-state index in [4.69, 9.17) is 0 Å². The molecular formula is C18H14BrNO4S. The van der Waals surface area contributed by atoms with Gasteiger partial charge in [-0.15, -0.1) is 11.3 Å². The van der Waals surface area contributed by atoms with Gasteiger partial charge in [-0.05, 0) is 24.6 Å². The van der Waals surface area contributed by atoms with Crippen molar-refractivity contribution in [2.45, 2.75) is 18.8 Å². The molecule has 0 radical (unpaired) electrons. The number of thiazole rings is 1. The number of rotatable bonds is 4. The van der Waals surface area contributed by atoms with Crippen molar-refractivity contribution < 1.29 is 19.8 Å². The predicted octanol–water partition coefficient (Wildman–Crippen LogP) is 4.26. The van der Waals surface area contributed by atoms with Crippen molar-refractivity contribution in [3.63, 3.8) is 0 Å². The molecule has 0 fully saturated rings. The second-order valence-corrected chi connectivity index (χ2v) is 7.55. The second-order valence-electron chi connectivity index (χ2n) is 5.78. The Kier molecular flexibility index (Phi) is 4.62. The van der Waals surface area contributed by atoms with Crippen LogP contribution in [0.25, 0.3) is 11.3 Å². The third-order valence-electron chi connectivity index (χ3n) is 4.31. The first-order valence-electron chi connectivity index (χ1n) is 7.41. The van der Waals surface area contributed by atoms with E-state index in [9.17, 15) is 19.8 Å². The van der Waals surface area contributed by atoms with Crippen LogP contribution in [0, 0.1) is 0 Å². The summed E-state index contributed by atoms with van der Waals surface area (Å²) < 4.78 is 0.941. The number of aliphatic carboxylic acids is 2. The molecule has 1 atom stereocenters. The summed E-state index contributed by atoms with van der Waals surface area (Å²) in [6, 6.07) is 7.56. The van der Waals surface area contributed by atoms with Crippen LogP contribution in [-0.4, -0.2) is 27.1 Å². The molecule has 0 saturated carbocycles. The highest BCUT2D eigenvalue weighted by Gasteiger charge is 2.47. The number of aromatic nitrogens is 1. The van der Waals surface area contributed by atoms with E-state index in [1.165, 1.54) is 17.4 Å². The van der Waals surface area contributed by atoms with Gasteiger partial charge >= 0.3 is 11.9 Å². The second kappa shape index (κ2) is 6.57. The minimum absolute atomic E-state index is 0.0633. The minimum Gasteiger partial charge on any atom is -0.480 e. The maximum absolute atomic E-state index is 12.1. The molecule has 1 aromatic carbocycles. The molecule has 128 valence electrons. The van der Waals surface area contributed by atoms with Crippen molar-refractivity contribution >= 4 is 39.2 Å². The third-order valence-corrected chi connectivity index (χ3v) is 5.85. The van der Waals surface area contributed by atoms with E-state index in [0.29, 0.717) is 16.3 Å². The van der Waals surface area contributed by atoms with E-state index in [1.54, 1.807) is 18.4 Å². The Bertz CT molecular complexity index is 913. The molecule has 3 rings (SSSR count). The number of carbonyl (C=O) groups is 2. The van der Waals surface area contributed by atoms with E-state index in [1.807, 2.05) is 24.3 Å². The Labute approximate surface area is 156 Å². The van der Waals surface area contributed by atoms with Crippen molar-refractivity contribution in [2.24, 2.45) is 0 Å². The summed E-state index contributed by atoms with van der Waals surface area (Å²) >= 11 is 4.61. The zero-order valence-corrected chi connectivity index (χ0v) is 15.6. The van der Waals surface area contributed by atoms with Crippen LogP contribution < -0.4 is 0 Å². The lowest BCUT2D eigenvalue weighted by Gasteiger charge is -2.31. The number of hydrogen-bond donors (Lipinski definition) is 2. The Morgan fingerprint density at radius 1 is 1.20 bits per heavy atom. The molecule has 25 heavy (non-hydrogen) atoms. The molecular weight excluding hydrogens is 406 g/mol. The molecule has 1 heterocycles. The molecule has 1 unspecified atom stereocenters. The number of hydrogen-bond acceptors (Lipinski definition) is 4. The quantitative estimate of drug-likeness (QED) is 0.772. The van der Waals surface area contributed by atoms with Gasteiger partial charge in [0.1, 0.15) is 10.4 Å². The third kappa shape index (κ3) is 3.05. The molecule has 0 amide bonds. The molecule has 2 N–H and O–H groups in total. The summed E-state index contributed by atoms with van der Waals surface area (Å²) in [4.78, 5) is 28.0. The standard InChI is InChI=1S/C18H14BrNO4S/c1-10-2-3-12(15(21)22)8-18(10,17(23)24)16-20-14(9-25-16)11-4-6-13(19)7-5-11/h2-7,9H,8H2,1H3,(H,21,22)(H,23,24). The average molecular weight is 420 g/mol. The lowest BCUT2D eigenvalue weighted by Crippen LogP contribution is -2.39. The van der Waals surface area contributed by atoms with Gasteiger partial charge in [0.15, 0.2) is 0 Å². The summed E-state index contributed by atoms with van der Waals surface area (Å²) in [6.07, 6.45) is 2.90. The summed E-state index contributed by atoms with van der Waals surface area (Å²) in [5.41, 5.74) is 0.737. The molecule has 1 aromatic heterocycles. The number of halogens is 1. The van der Waals surface area contributed by atoms with Crippen LogP contribution >= 0.6 is 27.3 Å². The van der Waals surface area contributed by atoms with Crippen LogP contribution in [0.15, 0.2) is 57.4 Å². The number of carboxylic acids is 2. The fraction of sp³-hybridized carbons (Fsp3) is 0.167. The van der Waals surface area contributed by atoms with Crippen molar-refractivity contribution in [1.82, 2.24) is 4.98 Å². The Hall–Kier alpha value is -2.25. The monoisotopic (exact) mass is 419 g/mol. The molecule has 1 aliphatic rings. The van der Waals surface area contributed by atoms with Crippen molar-refractivity contribution in [3.8, 4) is 11.3 Å². The number of allylic oxidation sites excluding steroid dienone is 2. The maximum atomic E-state index is 12.1. The molecule has 5 nitrogen and oxygen atoms in total. The van der Waals surface area contributed by atoms with Crippen LogP contribution in [0.1, 0.15) is 18.4 Å². The fourth-order valence-corrected chi connectivity index (χ4v) is 4.15. The van der Waals surface area contributed by atoms with Gasteiger partial charge in [0.2, 0.25) is 0 Å². The molecule has 0 spiro atoms. The van der Waals surface area contributed by atoms with E-state index in [-0.39, 0.29) is 12.0 Å². The van der Waals surface area contributed by atoms with Crippen LogP contribution in [-0.2, 0) is 15.0 Å². The fourth-order valence-electron chi connectivity index (χ4n) is 2.80. The SMILES string of the molecule is CC1=CC=C(C(=O)O)CC1(C(=O)O)c1nc(-c2ccc(Br)cc2)cs1. The number of carboxylic acid groups (broad SMARTS) is 2. The summed E-state index contributed by atoms with van der Waals surface area (Å²) in [5.74, 6) is -2.20. The molecule has 7 heteroatoms. The normalized spacial score (nSPS) is 19.9. The van der Waals surface area contributed by atoms with E-state index >= 15 is 0 Å². The van der Waals surface area contributed by atoms with Gasteiger partial charge < -0.3 is 10.2 Å². The van der Waals surface area contributed by atoms with Crippen LogP contribution in [0.4, 0.5) is 0 Å². The lowest BCUT2D eigenvalue weighted by atomic mass is 9.73. The average Bonchev–Trinajstić information content (AvgIpc) is 3.05. The van der Waals surface area contributed by atoms with Crippen molar-refractivity contribution in [2.75, 3.05) is 0 Å². The van der Waals surface area contributed by atoms with Gasteiger partial charge in [-0.2, -0.15) is 0 Å². The Morgan fingerprint density at radius 2 is 1.88 bits per heavy atom. The molecule has 2 aromatic rings. The molecule has 1 aliphatic carbocycles. The molecule has 0 saturated heterocycles. The van der Waals surface area contributed by atoms with Crippen LogP contribution in [0.2, 0.25) is 0 Å². The first-order chi connectivity index (χ1) is 11.8. The zero-order valence-electron chi connectivity index (χ0n) is 13.2. The summed E-state index contributed by atoms with van der Waals surface area (Å²) in [7, 11) is 0. The Balaban J connectivity index is 2.07. The highest BCUT2D eigenvalue weighted by atomic mass is 79.9. The van der Waals surface area contributed by atoms with Gasteiger partial charge in [0.25, 0.3) is 0 Å². The first-order valence-corrected chi connectivity index (χ1v) is 9.08. The van der Waals surface area contributed by atoms with Crippen molar-refractivity contribution in [1.29, 1.82) is 0 Å². The highest BCUT2D eigenvalue weighted by Crippen LogP contribution is 2.43. The van der Waals surface area contributed by atoms with E-state index in [2.05, 4.69) is 20.9 Å². The van der Waals surface area contributed by atoms with Crippen LogP contribution in [0.3, 0.4) is 0 Å². The highest BCUT2D eigenvalue weighted by molar-refractivity contribution is 9.10. The first kappa shape index (κ1) is 17.6. The van der Waals surface area contributed by atoms with Gasteiger partial charge in [-0.1, -0.05) is 40.2 Å². The van der Waals surface area contributed by atoms with E-state index < -0.39 is 17.4 Å². The maximum Gasteiger partial charge on any atom is 0.331 e.